The second-order valence-electron chi connectivity index (χ2n) is 10.0. The van der Waals surface area contributed by atoms with Gasteiger partial charge in [-0.25, -0.2) is 0 Å². The van der Waals surface area contributed by atoms with E-state index in [1.165, 1.54) is 24.0 Å². The van der Waals surface area contributed by atoms with Crippen molar-refractivity contribution in [2.45, 2.75) is 72.6 Å². The van der Waals surface area contributed by atoms with Crippen molar-refractivity contribution in [3.8, 4) is 0 Å². The molecular formula is C23H32O2. The molecule has 0 aromatic rings. The number of ketones is 2. The Labute approximate surface area is 152 Å². The van der Waals surface area contributed by atoms with Crippen LogP contribution in [0.25, 0.3) is 0 Å². The van der Waals surface area contributed by atoms with E-state index in [1.807, 2.05) is 6.08 Å². The first kappa shape index (κ1) is 17.2. The first-order valence-electron chi connectivity index (χ1n) is 10.1. The quantitative estimate of drug-likeness (QED) is 0.651. The van der Waals surface area contributed by atoms with Gasteiger partial charge in [-0.15, -0.1) is 0 Å². The Morgan fingerprint density at radius 2 is 1.80 bits per heavy atom. The van der Waals surface area contributed by atoms with Gasteiger partial charge in [0.05, 0.1) is 0 Å². The maximum Gasteiger partial charge on any atom is 0.156 e. The molecule has 2 nitrogen and oxygen atoms in total. The molecule has 3 fully saturated rings. The molecule has 0 spiro atoms. The molecule has 0 aromatic heterocycles. The molecular weight excluding hydrogens is 308 g/mol. The number of hydrogen-bond acceptors (Lipinski definition) is 2. The van der Waals surface area contributed by atoms with Gasteiger partial charge >= 0.3 is 0 Å². The van der Waals surface area contributed by atoms with E-state index >= 15 is 0 Å². The number of carbonyl (C=O) groups is 2. The molecule has 0 heterocycles. The van der Waals surface area contributed by atoms with Gasteiger partial charge in [0.25, 0.3) is 0 Å². The fourth-order valence-corrected chi connectivity index (χ4v) is 7.41. The Morgan fingerprint density at radius 1 is 1.12 bits per heavy atom. The van der Waals surface area contributed by atoms with Crippen LogP contribution in [-0.4, -0.2) is 11.6 Å². The Balaban J connectivity index is 1.75. The zero-order valence-corrected chi connectivity index (χ0v) is 16.3. The van der Waals surface area contributed by atoms with Crippen LogP contribution in [0.15, 0.2) is 23.8 Å². The molecule has 6 atom stereocenters. The summed E-state index contributed by atoms with van der Waals surface area (Å²) in [5.41, 5.74) is 2.52. The van der Waals surface area contributed by atoms with Crippen molar-refractivity contribution in [1.82, 2.24) is 0 Å². The highest BCUT2D eigenvalue weighted by Crippen LogP contribution is 2.70. The molecule has 0 amide bonds. The molecule has 0 saturated heterocycles. The van der Waals surface area contributed by atoms with Gasteiger partial charge in [0.2, 0.25) is 0 Å². The number of Topliss-reactive ketones (excluding diaryl/α,β-unsaturated/α-hetero) is 1. The van der Waals surface area contributed by atoms with Crippen LogP contribution >= 0.6 is 0 Å². The number of hydrogen-bond donors (Lipinski definition) is 0. The molecule has 4 rings (SSSR count). The molecule has 2 heteroatoms. The van der Waals surface area contributed by atoms with E-state index < -0.39 is 0 Å². The zero-order chi connectivity index (χ0) is 18.2. The summed E-state index contributed by atoms with van der Waals surface area (Å²) in [6.45, 7) is 13.2. The van der Waals surface area contributed by atoms with Gasteiger partial charge in [0.15, 0.2) is 5.78 Å². The highest BCUT2D eigenvalue weighted by Gasteiger charge is 2.64. The third-order valence-electron chi connectivity index (χ3n) is 9.31. The minimum atomic E-state index is -0.163. The van der Waals surface area contributed by atoms with E-state index in [-0.39, 0.29) is 22.0 Å². The maximum atomic E-state index is 12.5. The topological polar surface area (TPSA) is 34.1 Å². The largest absolute Gasteiger partial charge is 0.299 e. The molecule has 0 aromatic carbocycles. The Hall–Kier alpha value is -1.18. The van der Waals surface area contributed by atoms with Crippen LogP contribution in [0.2, 0.25) is 0 Å². The molecule has 4 aliphatic carbocycles. The summed E-state index contributed by atoms with van der Waals surface area (Å²) in [7, 11) is 0. The smallest absolute Gasteiger partial charge is 0.156 e. The molecule has 0 aliphatic heterocycles. The van der Waals surface area contributed by atoms with Crippen LogP contribution in [0.3, 0.4) is 0 Å². The summed E-state index contributed by atoms with van der Waals surface area (Å²) in [5.74, 6) is 2.54. The van der Waals surface area contributed by atoms with Gasteiger partial charge in [-0.1, -0.05) is 32.9 Å². The van der Waals surface area contributed by atoms with E-state index in [0.29, 0.717) is 30.0 Å². The Bertz CT molecular complexity index is 701. The Kier molecular flexibility index (Phi) is 3.57. The van der Waals surface area contributed by atoms with Crippen LogP contribution < -0.4 is 0 Å². The van der Waals surface area contributed by atoms with Crippen molar-refractivity contribution in [1.29, 1.82) is 0 Å². The average Bonchev–Trinajstić information content (AvgIpc) is 2.83. The van der Waals surface area contributed by atoms with E-state index in [0.717, 1.165) is 25.7 Å². The molecule has 3 saturated carbocycles. The highest BCUT2D eigenvalue weighted by molar-refractivity contribution is 5.92. The van der Waals surface area contributed by atoms with Crippen molar-refractivity contribution >= 4 is 11.6 Å². The van der Waals surface area contributed by atoms with Crippen LogP contribution in [0, 0.1) is 34.0 Å². The van der Waals surface area contributed by atoms with E-state index in [1.54, 1.807) is 6.92 Å². The third kappa shape index (κ3) is 2.03. The minimum Gasteiger partial charge on any atom is -0.299 e. The van der Waals surface area contributed by atoms with Crippen molar-refractivity contribution in [2.75, 3.05) is 0 Å². The van der Waals surface area contributed by atoms with Crippen molar-refractivity contribution in [3.63, 3.8) is 0 Å². The minimum absolute atomic E-state index is 0.116. The van der Waals surface area contributed by atoms with Crippen LogP contribution in [0.4, 0.5) is 0 Å². The first-order chi connectivity index (χ1) is 11.6. The predicted octanol–water partition coefficient (Wildman–Crippen LogP) is 5.28. The van der Waals surface area contributed by atoms with Gasteiger partial charge in [0, 0.05) is 11.8 Å². The summed E-state index contributed by atoms with van der Waals surface area (Å²) in [4.78, 5) is 24.5. The van der Waals surface area contributed by atoms with Gasteiger partial charge in [0.1, 0.15) is 5.78 Å². The maximum absolute atomic E-state index is 12.5. The van der Waals surface area contributed by atoms with Crippen molar-refractivity contribution < 1.29 is 9.59 Å². The van der Waals surface area contributed by atoms with Gasteiger partial charge < -0.3 is 0 Å². The standard InChI is InChI=1S/C23H32O2/c1-14-12-17-18(21(3)9-6-16(25)13-20(14)21)7-11-23(5)19(17)8-10-22(23,4)15(2)24/h13,17-19H,1,6-12H2,2-5H3. The van der Waals surface area contributed by atoms with E-state index in [2.05, 4.69) is 27.4 Å². The monoisotopic (exact) mass is 340 g/mol. The summed E-state index contributed by atoms with van der Waals surface area (Å²) in [6.07, 6.45) is 9.15. The first-order valence-corrected chi connectivity index (χ1v) is 10.1. The van der Waals surface area contributed by atoms with Crippen molar-refractivity contribution in [3.05, 3.63) is 23.8 Å². The van der Waals surface area contributed by atoms with Gasteiger partial charge in [-0.3, -0.25) is 9.59 Å². The van der Waals surface area contributed by atoms with Crippen molar-refractivity contribution in [2.24, 2.45) is 34.0 Å². The average molecular weight is 341 g/mol. The van der Waals surface area contributed by atoms with Gasteiger partial charge in [-0.2, -0.15) is 0 Å². The van der Waals surface area contributed by atoms with E-state index in [9.17, 15) is 9.59 Å². The SMILES string of the molecule is C=C1CC2C(CCC3(C)C2CCC3(C)C(C)=O)C2(C)CCC(=O)C=C12. The van der Waals surface area contributed by atoms with Crippen LogP contribution in [0.5, 0.6) is 0 Å². The molecule has 6 unspecified atom stereocenters. The highest BCUT2D eigenvalue weighted by atomic mass is 16.1. The molecule has 25 heavy (non-hydrogen) atoms. The summed E-state index contributed by atoms with van der Waals surface area (Å²) < 4.78 is 0. The second-order valence-corrected chi connectivity index (χ2v) is 10.0. The summed E-state index contributed by atoms with van der Waals surface area (Å²) in [6, 6.07) is 0. The normalized spacial score (nSPS) is 49.1. The number of fused-ring (bicyclic) bond motifs is 5. The Morgan fingerprint density at radius 3 is 2.48 bits per heavy atom. The van der Waals surface area contributed by atoms with Gasteiger partial charge in [-0.05, 0) is 85.7 Å². The summed E-state index contributed by atoms with van der Waals surface area (Å²) in [5, 5.41) is 0. The zero-order valence-electron chi connectivity index (χ0n) is 16.3. The second kappa shape index (κ2) is 5.18. The lowest BCUT2D eigenvalue weighted by molar-refractivity contribution is -0.138. The third-order valence-corrected chi connectivity index (χ3v) is 9.31. The molecule has 4 aliphatic rings. The predicted molar refractivity (Wildman–Crippen MR) is 100 cm³/mol. The molecule has 0 radical (unpaired) electrons. The molecule has 0 N–H and O–H groups in total. The fourth-order valence-electron chi connectivity index (χ4n) is 7.41. The number of rotatable bonds is 1. The van der Waals surface area contributed by atoms with E-state index in [4.69, 9.17) is 0 Å². The molecule has 136 valence electrons. The van der Waals surface area contributed by atoms with Crippen LogP contribution in [-0.2, 0) is 9.59 Å². The summed E-state index contributed by atoms with van der Waals surface area (Å²) >= 11 is 0. The lowest BCUT2D eigenvalue weighted by Crippen LogP contribution is -2.53. The lowest BCUT2D eigenvalue weighted by Gasteiger charge is -2.59. The molecule has 0 bridgehead atoms. The van der Waals surface area contributed by atoms with Crippen LogP contribution in [0.1, 0.15) is 72.6 Å². The lowest BCUT2D eigenvalue weighted by atomic mass is 9.44. The fraction of sp³-hybridized carbons (Fsp3) is 0.739. The number of carbonyl (C=O) groups excluding carboxylic acids is 2. The number of allylic oxidation sites excluding steroid dienone is 2.